The van der Waals surface area contributed by atoms with E-state index in [1.807, 2.05) is 17.5 Å². The summed E-state index contributed by atoms with van der Waals surface area (Å²) in [5.41, 5.74) is 6.87. The third-order valence-electron chi connectivity index (χ3n) is 3.53. The van der Waals surface area contributed by atoms with Crippen molar-refractivity contribution in [2.45, 2.75) is 0 Å². The highest BCUT2D eigenvalue weighted by Crippen LogP contribution is 2.36. The average molecular weight is 419 g/mol. The summed E-state index contributed by atoms with van der Waals surface area (Å²) in [6.45, 7) is -0.363. The maximum absolute atomic E-state index is 12.6. The highest BCUT2D eigenvalue weighted by Gasteiger charge is 2.17. The van der Waals surface area contributed by atoms with E-state index in [9.17, 15) is 9.59 Å². The lowest BCUT2D eigenvalue weighted by molar-refractivity contribution is -0.119. The van der Waals surface area contributed by atoms with Crippen molar-refractivity contribution in [2.24, 2.45) is 5.73 Å². The van der Waals surface area contributed by atoms with E-state index in [-0.39, 0.29) is 28.7 Å². The van der Waals surface area contributed by atoms with Gasteiger partial charge in [0.15, 0.2) is 23.2 Å². The van der Waals surface area contributed by atoms with E-state index < -0.39 is 11.8 Å². The number of ether oxygens (including phenoxy) is 2. The summed E-state index contributed by atoms with van der Waals surface area (Å²) in [5.74, 6) is -0.747. The van der Waals surface area contributed by atoms with Crippen LogP contribution in [-0.4, -0.2) is 35.5 Å². The number of hydrogen-bond acceptors (Lipinski definition) is 7. The predicted molar refractivity (Wildman–Crippen MR) is 106 cm³/mol. The van der Waals surface area contributed by atoms with Crippen LogP contribution >= 0.6 is 22.9 Å². The first-order valence-electron chi connectivity index (χ1n) is 7.94. The van der Waals surface area contributed by atoms with Gasteiger partial charge in [-0.15, -0.1) is 11.3 Å². The van der Waals surface area contributed by atoms with E-state index in [1.165, 1.54) is 30.6 Å². The third kappa shape index (κ3) is 4.56. The van der Waals surface area contributed by atoms with Crippen LogP contribution in [0.1, 0.15) is 10.4 Å². The smallest absolute Gasteiger partial charge is 0.257 e. The normalized spacial score (nSPS) is 10.4. The molecule has 3 rings (SSSR count). The van der Waals surface area contributed by atoms with Crippen LogP contribution in [0, 0.1) is 0 Å². The fraction of sp³-hybridized carbons (Fsp3) is 0.111. The topological polar surface area (TPSA) is 116 Å². The second-order valence-electron chi connectivity index (χ2n) is 5.48. The molecule has 0 saturated heterocycles. The van der Waals surface area contributed by atoms with Crippen LogP contribution in [0.15, 0.2) is 42.0 Å². The standard InChI is InChI=1S/C18H15ClN4O4S/c1-26-14-6-11(5-12(19)16(14)27-8-15(20)24)17(25)23-18-22-13(9-28-18)10-3-2-4-21-7-10/h2-7,9H,8H2,1H3,(H2,20,24)(H,22,23,25). The molecule has 2 amide bonds. The van der Waals surface area contributed by atoms with Crippen LogP contribution in [0.25, 0.3) is 11.3 Å². The molecule has 144 valence electrons. The van der Waals surface area contributed by atoms with Crippen molar-refractivity contribution in [2.75, 3.05) is 19.0 Å². The van der Waals surface area contributed by atoms with Gasteiger partial charge in [-0.25, -0.2) is 4.98 Å². The molecule has 0 saturated carbocycles. The van der Waals surface area contributed by atoms with E-state index in [1.54, 1.807) is 12.4 Å². The molecule has 0 aliphatic rings. The van der Waals surface area contributed by atoms with Crippen LogP contribution in [-0.2, 0) is 4.79 Å². The van der Waals surface area contributed by atoms with Gasteiger partial charge in [-0.1, -0.05) is 11.6 Å². The Morgan fingerprint density at radius 2 is 2.18 bits per heavy atom. The summed E-state index contributed by atoms with van der Waals surface area (Å²) < 4.78 is 10.4. The zero-order valence-electron chi connectivity index (χ0n) is 14.6. The fourth-order valence-corrected chi connectivity index (χ4v) is 3.26. The van der Waals surface area contributed by atoms with Gasteiger partial charge in [0.25, 0.3) is 11.8 Å². The minimum atomic E-state index is -0.659. The predicted octanol–water partition coefficient (Wildman–Crippen LogP) is 2.98. The first kappa shape index (κ1) is 19.6. The molecule has 0 aliphatic carbocycles. The van der Waals surface area contributed by atoms with E-state index in [0.717, 1.165) is 5.56 Å². The molecule has 0 unspecified atom stereocenters. The number of halogens is 1. The zero-order chi connectivity index (χ0) is 20.1. The molecular weight excluding hydrogens is 404 g/mol. The Morgan fingerprint density at radius 1 is 1.36 bits per heavy atom. The summed E-state index contributed by atoms with van der Waals surface area (Å²) >= 11 is 7.46. The van der Waals surface area contributed by atoms with Gasteiger partial charge in [-0.2, -0.15) is 0 Å². The molecular formula is C18H15ClN4O4S. The lowest BCUT2D eigenvalue weighted by atomic mass is 10.2. The van der Waals surface area contributed by atoms with Crippen molar-refractivity contribution in [1.29, 1.82) is 0 Å². The monoisotopic (exact) mass is 418 g/mol. The first-order valence-corrected chi connectivity index (χ1v) is 9.19. The zero-order valence-corrected chi connectivity index (χ0v) is 16.2. The number of thiazole rings is 1. The quantitative estimate of drug-likeness (QED) is 0.609. The lowest BCUT2D eigenvalue weighted by Gasteiger charge is -2.13. The number of carbonyl (C=O) groups excluding carboxylic acids is 2. The van der Waals surface area contributed by atoms with Crippen molar-refractivity contribution in [3.05, 3.63) is 52.6 Å². The molecule has 1 aromatic carbocycles. The fourth-order valence-electron chi connectivity index (χ4n) is 2.28. The van der Waals surface area contributed by atoms with Crippen molar-refractivity contribution in [3.63, 3.8) is 0 Å². The number of hydrogen-bond donors (Lipinski definition) is 2. The molecule has 0 atom stereocenters. The van der Waals surface area contributed by atoms with Crippen molar-refractivity contribution in [3.8, 4) is 22.8 Å². The van der Waals surface area contributed by atoms with Gasteiger partial charge in [0.05, 0.1) is 17.8 Å². The molecule has 0 fully saturated rings. The highest BCUT2D eigenvalue weighted by molar-refractivity contribution is 7.14. The number of aromatic nitrogens is 2. The number of carbonyl (C=O) groups is 2. The van der Waals surface area contributed by atoms with Crippen LogP contribution < -0.4 is 20.5 Å². The summed E-state index contributed by atoms with van der Waals surface area (Å²) in [4.78, 5) is 31.9. The molecule has 2 heterocycles. The third-order valence-corrected chi connectivity index (χ3v) is 4.57. The number of amides is 2. The molecule has 8 nitrogen and oxygen atoms in total. The molecule has 28 heavy (non-hydrogen) atoms. The van der Waals surface area contributed by atoms with Gasteiger partial charge < -0.3 is 15.2 Å². The van der Waals surface area contributed by atoms with Gasteiger partial charge in [0.1, 0.15) is 0 Å². The number of primary amides is 1. The van der Waals surface area contributed by atoms with Gasteiger partial charge in [0.2, 0.25) is 0 Å². The molecule has 2 aromatic heterocycles. The Kier molecular flexibility index (Phi) is 6.07. The summed E-state index contributed by atoms with van der Waals surface area (Å²) in [6.07, 6.45) is 3.36. The Hall–Kier alpha value is -3.17. The minimum Gasteiger partial charge on any atom is -0.493 e. The van der Waals surface area contributed by atoms with Crippen LogP contribution in [0.4, 0.5) is 5.13 Å². The molecule has 0 bridgehead atoms. The highest BCUT2D eigenvalue weighted by atomic mass is 35.5. The number of methoxy groups -OCH3 is 1. The molecule has 3 N–H and O–H groups in total. The van der Waals surface area contributed by atoms with Crippen LogP contribution in [0.2, 0.25) is 5.02 Å². The largest absolute Gasteiger partial charge is 0.493 e. The molecule has 0 spiro atoms. The first-order chi connectivity index (χ1) is 13.5. The van der Waals surface area contributed by atoms with E-state index in [2.05, 4.69) is 15.3 Å². The number of nitrogens with zero attached hydrogens (tertiary/aromatic N) is 2. The van der Waals surface area contributed by atoms with E-state index >= 15 is 0 Å². The van der Waals surface area contributed by atoms with Crippen LogP contribution in [0.3, 0.4) is 0 Å². The number of pyridine rings is 1. The summed E-state index contributed by atoms with van der Waals surface area (Å²) in [6, 6.07) is 6.55. The molecule has 3 aromatic rings. The van der Waals surface area contributed by atoms with E-state index in [0.29, 0.717) is 10.8 Å². The molecule has 10 heteroatoms. The number of rotatable bonds is 7. The van der Waals surface area contributed by atoms with E-state index in [4.69, 9.17) is 26.8 Å². The molecule has 0 radical (unpaired) electrons. The van der Waals surface area contributed by atoms with Gasteiger partial charge in [-0.05, 0) is 24.3 Å². The Morgan fingerprint density at radius 3 is 2.86 bits per heavy atom. The van der Waals surface area contributed by atoms with Crippen molar-refractivity contribution >= 4 is 39.9 Å². The van der Waals surface area contributed by atoms with Gasteiger partial charge in [-0.3, -0.25) is 19.9 Å². The Labute approximate surface area is 169 Å². The second-order valence-corrected chi connectivity index (χ2v) is 6.74. The van der Waals surface area contributed by atoms with Gasteiger partial charge >= 0.3 is 0 Å². The second kappa shape index (κ2) is 8.68. The maximum Gasteiger partial charge on any atom is 0.257 e. The maximum atomic E-state index is 12.6. The van der Waals surface area contributed by atoms with Crippen molar-refractivity contribution < 1.29 is 19.1 Å². The summed E-state index contributed by atoms with van der Waals surface area (Å²) in [5, 5.41) is 5.07. The number of nitrogens with two attached hydrogens (primary N) is 1. The average Bonchev–Trinajstić information content (AvgIpc) is 3.15. The Bertz CT molecular complexity index is 1010. The Balaban J connectivity index is 1.78. The lowest BCUT2D eigenvalue weighted by Crippen LogP contribution is -2.20. The number of nitrogens with one attached hydrogen (secondary N) is 1. The molecule has 0 aliphatic heterocycles. The van der Waals surface area contributed by atoms with Crippen molar-refractivity contribution in [1.82, 2.24) is 9.97 Å². The SMILES string of the molecule is COc1cc(C(=O)Nc2nc(-c3cccnc3)cs2)cc(Cl)c1OCC(N)=O. The number of anilines is 1. The van der Waals surface area contributed by atoms with Crippen LogP contribution in [0.5, 0.6) is 11.5 Å². The minimum absolute atomic E-state index is 0.112. The van der Waals surface area contributed by atoms with Gasteiger partial charge in [0, 0.05) is 28.9 Å². The number of benzene rings is 1. The summed E-state index contributed by atoms with van der Waals surface area (Å²) in [7, 11) is 1.39.